The highest BCUT2D eigenvalue weighted by Crippen LogP contribution is 2.21. The lowest BCUT2D eigenvalue weighted by Crippen LogP contribution is -2.36. The molecule has 0 bridgehead atoms. The number of rotatable bonds is 5. The Kier molecular flexibility index (Phi) is 5.11. The average Bonchev–Trinajstić information content (AvgIpc) is 2.24. The molecular formula is C13H19ClN2O2. The van der Waals surface area contributed by atoms with E-state index in [1.165, 1.54) is 0 Å². The van der Waals surface area contributed by atoms with E-state index in [9.17, 15) is 9.90 Å². The molecule has 1 atom stereocenters. The van der Waals surface area contributed by atoms with Crippen molar-refractivity contribution >= 4 is 17.5 Å². The Hall–Kier alpha value is -1.13. The zero-order chi connectivity index (χ0) is 13.8. The third-order valence-electron chi connectivity index (χ3n) is 2.52. The monoisotopic (exact) mass is 270 g/mol. The number of aliphatic hydroxyl groups excluding tert-OH is 1. The van der Waals surface area contributed by atoms with E-state index >= 15 is 0 Å². The van der Waals surface area contributed by atoms with Crippen LogP contribution in [0.25, 0.3) is 0 Å². The largest absolute Gasteiger partial charge is 0.393 e. The molecule has 1 amide bonds. The SMILES string of the molecule is CC(O)CC(C)(C)CNC(=O)c1cccc(Cl)n1. The molecule has 4 nitrogen and oxygen atoms in total. The molecule has 0 spiro atoms. The number of pyridine rings is 1. The maximum absolute atomic E-state index is 11.8. The fraction of sp³-hybridized carbons (Fsp3) is 0.538. The van der Waals surface area contributed by atoms with Gasteiger partial charge in [-0.1, -0.05) is 31.5 Å². The Morgan fingerprint density at radius 1 is 1.56 bits per heavy atom. The van der Waals surface area contributed by atoms with Crippen LogP contribution in [0.4, 0.5) is 0 Å². The van der Waals surface area contributed by atoms with Gasteiger partial charge in [-0.2, -0.15) is 0 Å². The molecule has 5 heteroatoms. The van der Waals surface area contributed by atoms with Gasteiger partial charge < -0.3 is 10.4 Å². The minimum atomic E-state index is -0.388. The molecule has 1 unspecified atom stereocenters. The minimum Gasteiger partial charge on any atom is -0.393 e. The molecule has 18 heavy (non-hydrogen) atoms. The van der Waals surface area contributed by atoms with E-state index in [0.29, 0.717) is 23.8 Å². The Morgan fingerprint density at radius 2 is 2.22 bits per heavy atom. The second-order valence-corrected chi connectivity index (χ2v) is 5.63. The molecule has 0 aromatic carbocycles. The van der Waals surface area contributed by atoms with E-state index in [2.05, 4.69) is 10.3 Å². The number of aliphatic hydroxyl groups is 1. The van der Waals surface area contributed by atoms with Crippen LogP contribution in [0.5, 0.6) is 0 Å². The Balaban J connectivity index is 2.56. The van der Waals surface area contributed by atoms with Crippen molar-refractivity contribution < 1.29 is 9.90 Å². The third kappa shape index (κ3) is 5.02. The molecule has 2 N–H and O–H groups in total. The maximum Gasteiger partial charge on any atom is 0.269 e. The van der Waals surface area contributed by atoms with Crippen molar-refractivity contribution in [1.29, 1.82) is 0 Å². The van der Waals surface area contributed by atoms with Crippen molar-refractivity contribution in [2.24, 2.45) is 5.41 Å². The van der Waals surface area contributed by atoms with Gasteiger partial charge in [-0.25, -0.2) is 4.98 Å². The summed E-state index contributed by atoms with van der Waals surface area (Å²) in [6.07, 6.45) is 0.234. The van der Waals surface area contributed by atoms with Crippen molar-refractivity contribution in [1.82, 2.24) is 10.3 Å². The van der Waals surface area contributed by atoms with Crippen molar-refractivity contribution in [3.63, 3.8) is 0 Å². The van der Waals surface area contributed by atoms with Crippen LogP contribution in [0.15, 0.2) is 18.2 Å². The van der Waals surface area contributed by atoms with Gasteiger partial charge in [-0.3, -0.25) is 4.79 Å². The standard InChI is InChI=1S/C13H19ClN2O2/c1-9(17)7-13(2,3)8-15-12(18)10-5-4-6-11(14)16-10/h4-6,9,17H,7-8H2,1-3H3,(H,15,18). The van der Waals surface area contributed by atoms with Crippen molar-refractivity contribution in [3.05, 3.63) is 29.0 Å². The van der Waals surface area contributed by atoms with Crippen LogP contribution < -0.4 is 5.32 Å². The summed E-state index contributed by atoms with van der Waals surface area (Å²) in [6, 6.07) is 4.92. The van der Waals surface area contributed by atoms with Gasteiger partial charge in [0.15, 0.2) is 0 Å². The summed E-state index contributed by atoms with van der Waals surface area (Å²) >= 11 is 5.72. The first-order chi connectivity index (χ1) is 8.30. The molecule has 1 heterocycles. The Bertz CT molecular complexity index is 419. The maximum atomic E-state index is 11.8. The summed E-state index contributed by atoms with van der Waals surface area (Å²) in [4.78, 5) is 15.8. The molecule has 1 aromatic rings. The van der Waals surface area contributed by atoms with Gasteiger partial charge in [0, 0.05) is 6.54 Å². The lowest BCUT2D eigenvalue weighted by atomic mass is 9.87. The van der Waals surface area contributed by atoms with E-state index in [4.69, 9.17) is 11.6 Å². The van der Waals surface area contributed by atoms with Gasteiger partial charge >= 0.3 is 0 Å². The molecule has 1 rings (SSSR count). The first kappa shape index (κ1) is 14.9. The molecule has 100 valence electrons. The number of hydrogen-bond donors (Lipinski definition) is 2. The molecular weight excluding hydrogens is 252 g/mol. The van der Waals surface area contributed by atoms with E-state index in [1.807, 2.05) is 13.8 Å². The fourth-order valence-corrected chi connectivity index (χ4v) is 1.98. The van der Waals surface area contributed by atoms with Crippen molar-refractivity contribution in [3.8, 4) is 0 Å². The number of nitrogens with one attached hydrogen (secondary N) is 1. The molecule has 0 aliphatic rings. The molecule has 0 aliphatic carbocycles. The zero-order valence-electron chi connectivity index (χ0n) is 10.9. The molecule has 0 saturated carbocycles. The van der Waals surface area contributed by atoms with E-state index in [0.717, 1.165) is 0 Å². The summed E-state index contributed by atoms with van der Waals surface area (Å²) in [6.45, 7) is 6.20. The van der Waals surface area contributed by atoms with Crippen LogP contribution in [-0.4, -0.2) is 28.6 Å². The lowest BCUT2D eigenvalue weighted by molar-refractivity contribution is 0.0897. The smallest absolute Gasteiger partial charge is 0.269 e. The van der Waals surface area contributed by atoms with Crippen molar-refractivity contribution in [2.45, 2.75) is 33.3 Å². The second kappa shape index (κ2) is 6.16. The Labute approximate surface area is 112 Å². The fourth-order valence-electron chi connectivity index (χ4n) is 1.82. The number of nitrogens with zero attached hydrogens (tertiary/aromatic N) is 1. The Morgan fingerprint density at radius 3 is 2.78 bits per heavy atom. The van der Waals surface area contributed by atoms with Crippen LogP contribution in [0.1, 0.15) is 37.7 Å². The highest BCUT2D eigenvalue weighted by molar-refractivity contribution is 6.29. The summed E-state index contributed by atoms with van der Waals surface area (Å²) in [5, 5.41) is 12.5. The first-order valence-electron chi connectivity index (χ1n) is 5.89. The molecule has 0 fully saturated rings. The van der Waals surface area contributed by atoms with Gasteiger partial charge in [-0.15, -0.1) is 0 Å². The van der Waals surface area contributed by atoms with Crippen LogP contribution in [-0.2, 0) is 0 Å². The first-order valence-corrected chi connectivity index (χ1v) is 6.27. The number of halogens is 1. The molecule has 1 aromatic heterocycles. The number of carbonyl (C=O) groups excluding carboxylic acids is 1. The van der Waals surface area contributed by atoms with Crippen LogP contribution in [0.2, 0.25) is 5.15 Å². The van der Waals surface area contributed by atoms with E-state index in [1.54, 1.807) is 25.1 Å². The molecule has 0 aliphatic heterocycles. The topological polar surface area (TPSA) is 62.2 Å². The highest BCUT2D eigenvalue weighted by atomic mass is 35.5. The van der Waals surface area contributed by atoms with Crippen LogP contribution in [0.3, 0.4) is 0 Å². The van der Waals surface area contributed by atoms with Gasteiger partial charge in [0.05, 0.1) is 6.10 Å². The normalized spacial score (nSPS) is 13.2. The lowest BCUT2D eigenvalue weighted by Gasteiger charge is -2.26. The molecule has 0 radical (unpaired) electrons. The second-order valence-electron chi connectivity index (χ2n) is 5.25. The molecule has 0 saturated heterocycles. The van der Waals surface area contributed by atoms with Gasteiger partial charge in [0.1, 0.15) is 10.8 Å². The van der Waals surface area contributed by atoms with Gasteiger partial charge in [0.25, 0.3) is 5.91 Å². The van der Waals surface area contributed by atoms with Gasteiger partial charge in [-0.05, 0) is 30.9 Å². The quantitative estimate of drug-likeness (QED) is 0.807. The predicted octanol–water partition coefficient (Wildman–Crippen LogP) is 2.26. The number of hydrogen-bond acceptors (Lipinski definition) is 3. The number of amides is 1. The number of carbonyl (C=O) groups is 1. The zero-order valence-corrected chi connectivity index (χ0v) is 11.7. The summed E-state index contributed by atoms with van der Waals surface area (Å²) in [7, 11) is 0. The van der Waals surface area contributed by atoms with Crippen LogP contribution >= 0.6 is 11.6 Å². The minimum absolute atomic E-state index is 0.164. The predicted molar refractivity (Wildman–Crippen MR) is 71.7 cm³/mol. The van der Waals surface area contributed by atoms with Crippen LogP contribution in [0, 0.1) is 5.41 Å². The number of aromatic nitrogens is 1. The van der Waals surface area contributed by atoms with E-state index in [-0.39, 0.29) is 17.4 Å². The van der Waals surface area contributed by atoms with Gasteiger partial charge in [0.2, 0.25) is 0 Å². The summed E-state index contributed by atoms with van der Waals surface area (Å²) in [5.74, 6) is -0.254. The van der Waals surface area contributed by atoms with E-state index < -0.39 is 0 Å². The highest BCUT2D eigenvalue weighted by Gasteiger charge is 2.21. The van der Waals surface area contributed by atoms with Crippen molar-refractivity contribution in [2.75, 3.05) is 6.54 Å². The summed E-state index contributed by atoms with van der Waals surface area (Å²) in [5.41, 5.74) is 0.137. The summed E-state index contributed by atoms with van der Waals surface area (Å²) < 4.78 is 0. The average molecular weight is 271 g/mol. The third-order valence-corrected chi connectivity index (χ3v) is 2.73.